The Hall–Kier alpha value is -1.22. The number of nitrogens with zero attached hydrogens (tertiary/aromatic N) is 1. The van der Waals surface area contributed by atoms with Crippen molar-refractivity contribution < 1.29 is 14.3 Å². The van der Waals surface area contributed by atoms with Gasteiger partial charge in [-0.25, -0.2) is 4.79 Å². The number of aromatic carboxylic acids is 1. The van der Waals surface area contributed by atoms with Gasteiger partial charge >= 0.3 is 57.4 Å². The summed E-state index contributed by atoms with van der Waals surface area (Å²) in [4.78, 5) is 24.0. The van der Waals surface area contributed by atoms with Crippen molar-refractivity contribution in [2.75, 3.05) is 0 Å². The zero-order valence-corrected chi connectivity index (χ0v) is 13.8. The monoisotopic (exact) mass is 378 g/mol. The molecule has 0 aliphatic heterocycles. The second-order valence-corrected chi connectivity index (χ2v) is 6.44. The Kier molecular flexibility index (Phi) is 5.57. The van der Waals surface area contributed by atoms with Gasteiger partial charge in [0.1, 0.15) is 17.1 Å². The third-order valence-corrected chi connectivity index (χ3v) is 4.79. The fraction of sp³-hybridized carbons (Fsp3) is 0.263. The first-order chi connectivity index (χ1) is 12.0. The number of carboxylic acids is 1. The number of furan rings is 1. The number of fused-ring (bicyclic) bond motifs is 1. The molecule has 26 heavy (non-hydrogen) atoms. The topological polar surface area (TPSA) is 97.9 Å². The van der Waals surface area contributed by atoms with Crippen LogP contribution in [0.1, 0.15) is 46.0 Å². The summed E-state index contributed by atoms with van der Waals surface area (Å²) in [5.74, 6) is 0.493. The normalized spacial score (nSPS) is 13.6. The number of aromatic nitrogens is 1. The van der Waals surface area contributed by atoms with Gasteiger partial charge in [0.2, 0.25) is 0 Å². The van der Waals surface area contributed by atoms with Crippen molar-refractivity contribution >= 4 is 62.9 Å². The Balaban J connectivity index is 0.00000196. The Bertz CT molecular complexity index is 1060. The average Bonchev–Trinajstić information content (AvgIpc) is 3.32. The molecule has 0 unspecified atom stereocenters. The van der Waals surface area contributed by atoms with Crippen molar-refractivity contribution in [3.8, 4) is 11.3 Å². The molecule has 1 aliphatic carbocycles. The quantitative estimate of drug-likeness (QED) is 0.679. The molecular formula is C19H19KN2O4. The first-order valence-electron chi connectivity index (χ1n) is 8.22. The molecule has 3 N–H and O–H groups in total. The molecule has 0 atom stereocenters. The molecule has 3 aromatic heterocycles. The SMILES string of the molecule is Cc1c(-c2ccc(CN)o2)ccn2c(=O)c(C(=O)O)cc(C3CC3)c12.[KH]. The predicted octanol–water partition coefficient (Wildman–Crippen LogP) is 2.25. The number of nitrogens with two attached hydrogens (primary N) is 1. The van der Waals surface area contributed by atoms with E-state index >= 15 is 0 Å². The molecule has 7 heteroatoms. The van der Waals surface area contributed by atoms with E-state index in [1.54, 1.807) is 18.3 Å². The van der Waals surface area contributed by atoms with Gasteiger partial charge < -0.3 is 15.3 Å². The van der Waals surface area contributed by atoms with Crippen molar-refractivity contribution in [2.24, 2.45) is 5.73 Å². The van der Waals surface area contributed by atoms with E-state index in [0.717, 1.165) is 35.0 Å². The molecule has 4 rings (SSSR count). The molecule has 1 saturated carbocycles. The number of rotatable bonds is 4. The minimum absolute atomic E-state index is 0. The fourth-order valence-electron chi connectivity index (χ4n) is 3.36. The van der Waals surface area contributed by atoms with Crippen LogP contribution in [0.4, 0.5) is 0 Å². The number of pyridine rings is 2. The molecule has 3 aromatic rings. The molecule has 0 bridgehead atoms. The molecule has 0 saturated heterocycles. The van der Waals surface area contributed by atoms with Crippen LogP contribution in [0.3, 0.4) is 0 Å². The molecule has 1 fully saturated rings. The van der Waals surface area contributed by atoms with E-state index < -0.39 is 11.5 Å². The summed E-state index contributed by atoms with van der Waals surface area (Å²) in [7, 11) is 0. The number of carbonyl (C=O) groups is 1. The second kappa shape index (κ2) is 7.42. The van der Waals surface area contributed by atoms with Crippen molar-refractivity contribution in [3.05, 3.63) is 63.3 Å². The summed E-state index contributed by atoms with van der Waals surface area (Å²) >= 11 is 0. The van der Waals surface area contributed by atoms with Crippen LogP contribution in [0.5, 0.6) is 0 Å². The van der Waals surface area contributed by atoms with Gasteiger partial charge in [0.15, 0.2) is 0 Å². The third kappa shape index (κ3) is 3.24. The summed E-state index contributed by atoms with van der Waals surface area (Å²) in [5.41, 5.74) is 8.39. The molecular weight excluding hydrogens is 359 g/mol. The third-order valence-electron chi connectivity index (χ3n) is 4.79. The van der Waals surface area contributed by atoms with E-state index in [-0.39, 0.29) is 56.9 Å². The molecule has 1 aliphatic rings. The van der Waals surface area contributed by atoms with Crippen LogP contribution < -0.4 is 11.3 Å². The van der Waals surface area contributed by atoms with Crippen molar-refractivity contribution in [1.82, 2.24) is 4.40 Å². The minimum atomic E-state index is -1.19. The van der Waals surface area contributed by atoms with E-state index in [2.05, 4.69) is 0 Å². The standard InChI is InChI=1S/C19H18N2O4.K.H/c1-10-13(16-5-4-12(9-20)25-16)6-7-21-17(10)14(11-2-3-11)8-15(18(21)22)19(23)24;;/h4-8,11H,2-3,9,20H2,1H3,(H,23,24);;. The van der Waals surface area contributed by atoms with Gasteiger partial charge in [-0.15, -0.1) is 0 Å². The number of hydrogen-bond donors (Lipinski definition) is 2. The second-order valence-electron chi connectivity index (χ2n) is 6.44. The molecule has 0 radical (unpaired) electrons. The van der Waals surface area contributed by atoms with Gasteiger partial charge in [0, 0.05) is 11.8 Å². The Labute approximate surface area is 192 Å². The molecule has 3 heterocycles. The van der Waals surface area contributed by atoms with E-state index in [0.29, 0.717) is 24.0 Å². The van der Waals surface area contributed by atoms with Crippen molar-refractivity contribution in [3.63, 3.8) is 0 Å². The Morgan fingerprint density at radius 1 is 1.35 bits per heavy atom. The van der Waals surface area contributed by atoms with E-state index in [1.807, 2.05) is 19.1 Å². The maximum absolute atomic E-state index is 12.6. The van der Waals surface area contributed by atoms with Crippen LogP contribution in [-0.4, -0.2) is 66.9 Å². The van der Waals surface area contributed by atoms with Crippen LogP contribution in [-0.2, 0) is 6.54 Å². The van der Waals surface area contributed by atoms with Gasteiger partial charge in [-0.2, -0.15) is 0 Å². The van der Waals surface area contributed by atoms with Crippen molar-refractivity contribution in [1.29, 1.82) is 0 Å². The van der Waals surface area contributed by atoms with Crippen LogP contribution >= 0.6 is 0 Å². The van der Waals surface area contributed by atoms with Gasteiger partial charge in [-0.05, 0) is 61.1 Å². The number of carboxylic acid groups (broad SMARTS) is 1. The number of aryl methyl sites for hydroxylation is 1. The maximum atomic E-state index is 12.6. The van der Waals surface area contributed by atoms with Crippen LogP contribution in [0.15, 0.2) is 39.7 Å². The van der Waals surface area contributed by atoms with E-state index in [4.69, 9.17) is 10.2 Å². The van der Waals surface area contributed by atoms with Crippen molar-refractivity contribution in [2.45, 2.75) is 32.2 Å². The predicted molar refractivity (Wildman–Crippen MR) is 100 cm³/mol. The van der Waals surface area contributed by atoms with Crippen LogP contribution in [0.2, 0.25) is 0 Å². The molecule has 0 amide bonds. The first-order valence-corrected chi connectivity index (χ1v) is 8.22. The van der Waals surface area contributed by atoms with Crippen LogP contribution in [0.25, 0.3) is 16.8 Å². The van der Waals surface area contributed by atoms with Gasteiger partial charge in [-0.3, -0.25) is 9.20 Å². The Morgan fingerprint density at radius 3 is 2.65 bits per heavy atom. The summed E-state index contributed by atoms with van der Waals surface area (Å²) in [6, 6.07) is 7.02. The Morgan fingerprint density at radius 2 is 2.08 bits per heavy atom. The van der Waals surface area contributed by atoms with E-state index in [1.165, 1.54) is 4.40 Å². The molecule has 0 spiro atoms. The first kappa shape index (κ1) is 19.5. The summed E-state index contributed by atoms with van der Waals surface area (Å²) in [6.07, 6.45) is 3.65. The van der Waals surface area contributed by atoms with Crippen LogP contribution in [0, 0.1) is 6.92 Å². The zero-order chi connectivity index (χ0) is 17.7. The zero-order valence-electron chi connectivity index (χ0n) is 13.8. The number of hydrogen-bond acceptors (Lipinski definition) is 4. The molecule has 6 nitrogen and oxygen atoms in total. The average molecular weight is 378 g/mol. The van der Waals surface area contributed by atoms with Gasteiger partial charge in [-0.1, -0.05) is 0 Å². The fourth-order valence-corrected chi connectivity index (χ4v) is 3.36. The van der Waals surface area contributed by atoms with Gasteiger partial charge in [0.25, 0.3) is 5.56 Å². The summed E-state index contributed by atoms with van der Waals surface area (Å²) in [6.45, 7) is 2.25. The molecule has 130 valence electrons. The summed E-state index contributed by atoms with van der Waals surface area (Å²) in [5, 5.41) is 9.34. The van der Waals surface area contributed by atoms with Gasteiger partial charge in [0.05, 0.1) is 12.1 Å². The summed E-state index contributed by atoms with van der Waals surface area (Å²) < 4.78 is 7.20. The van der Waals surface area contributed by atoms with E-state index in [9.17, 15) is 14.7 Å². The molecule has 0 aromatic carbocycles.